The smallest absolute Gasteiger partial charge is 0.547 e. The molecule has 9 aromatic rings. The number of hydrogen-bond acceptors (Lipinski definition) is 9. The first-order chi connectivity index (χ1) is 28.5. The molecule has 3 heterocycles. The van der Waals surface area contributed by atoms with Gasteiger partial charge in [0.15, 0.2) is 0 Å². The van der Waals surface area contributed by atoms with Crippen LogP contribution in [-0.4, -0.2) is 48.0 Å². The van der Waals surface area contributed by atoms with Crippen molar-refractivity contribution in [1.29, 1.82) is 0 Å². The van der Waals surface area contributed by atoms with Crippen molar-refractivity contribution in [3.05, 3.63) is 199 Å². The summed E-state index contributed by atoms with van der Waals surface area (Å²) in [4.78, 5) is 56.0. The molecule has 0 spiro atoms. The molecule has 0 bridgehead atoms. The Balaban J connectivity index is 1.09. The molecule has 9 rings (SSSR count). The number of aromatic nitrogens is 3. The molecule has 0 aliphatic heterocycles. The molecule has 0 radical (unpaired) electrons. The third-order valence-corrected chi connectivity index (χ3v) is 11.1. The number of rotatable bonds is 9. The molecule has 0 aliphatic rings. The van der Waals surface area contributed by atoms with E-state index in [1.165, 1.54) is 0 Å². The summed E-state index contributed by atoms with van der Waals surface area (Å²) in [6, 6.07) is 50.4. The van der Waals surface area contributed by atoms with Crippen LogP contribution in [0.1, 0.15) is 31.1 Å². The molecule has 3 aromatic heterocycles. The van der Waals surface area contributed by atoms with E-state index in [1.54, 1.807) is 55.0 Å². The Morgan fingerprint density at radius 2 is 0.638 bits per heavy atom. The quantitative estimate of drug-likeness (QED) is 0.132. The summed E-state index contributed by atoms with van der Waals surface area (Å²) in [6.45, 7) is 0. The van der Waals surface area contributed by atoms with Crippen LogP contribution in [0.4, 0.5) is 0 Å². The lowest BCUT2D eigenvalue weighted by Crippen LogP contribution is -2.35. The molecule has 0 fully saturated rings. The van der Waals surface area contributed by atoms with Gasteiger partial charge in [-0.25, -0.2) is 14.4 Å². The lowest BCUT2D eigenvalue weighted by Gasteiger charge is -2.17. The largest absolute Gasteiger partial charge is 1.20 e. The summed E-state index contributed by atoms with van der Waals surface area (Å²) in [5.41, 5.74) is 6.86. The Morgan fingerprint density at radius 1 is 0.345 bits per heavy atom. The maximum Gasteiger partial charge on any atom is 1.20 e. The van der Waals surface area contributed by atoms with Gasteiger partial charge in [-0.05, 0) is 69.8 Å². The first-order valence-corrected chi connectivity index (χ1v) is 19.9. The Labute approximate surface area is 337 Å². The van der Waals surface area contributed by atoms with E-state index in [1.807, 2.05) is 127 Å². The molecular weight excluding hydrogens is 742 g/mol. The van der Waals surface area contributed by atoms with E-state index >= 15 is 0 Å². The second-order valence-corrected chi connectivity index (χ2v) is 14.6. The predicted molar refractivity (Wildman–Crippen MR) is 224 cm³/mol. The minimum Gasteiger partial charge on any atom is -0.547 e. The summed E-state index contributed by atoms with van der Waals surface area (Å²) in [5, 5.41) is 2.13. The zero-order valence-corrected chi connectivity index (χ0v) is 31.8. The second kappa shape index (κ2) is 15.9. The zero-order chi connectivity index (χ0) is 39.4. The average Bonchev–Trinajstić information content (AvgIpc) is 3.28. The summed E-state index contributed by atoms with van der Waals surface area (Å²) in [6.07, 6.45) is 4.74. The Hall–Kier alpha value is -7.51. The average molecular weight is 772 g/mol. The van der Waals surface area contributed by atoms with Crippen molar-refractivity contribution < 1.29 is 25.7 Å². The molecule has 0 atom stereocenters. The van der Waals surface area contributed by atoms with Crippen molar-refractivity contribution in [2.24, 2.45) is 0 Å². The van der Waals surface area contributed by atoms with Crippen molar-refractivity contribution in [2.75, 3.05) is 0 Å². The minimum atomic E-state index is -4.01. The summed E-state index contributed by atoms with van der Waals surface area (Å²) in [5.74, 6) is -2.61. The number of pyridine rings is 3. The molecule has 0 N–H and O–H groups in total. The van der Waals surface area contributed by atoms with Gasteiger partial charge in [0.1, 0.15) is 0 Å². The number of carbonyl (C=O) groups is 3. The number of carbonyl (C=O) groups excluding carboxylic acids is 3. The number of fused-ring (bicyclic) bond motifs is 3. The van der Waals surface area contributed by atoms with Crippen LogP contribution in [0.2, 0.25) is 0 Å². The lowest BCUT2D eigenvalue weighted by atomic mass is 9.98. The SMILES string of the molecule is O=C([O][Al]([O]C(=O)c1ccc(-c2ccccc2)c2cccnc12)[O]C(=O)c1ccc(-c2ccccc2)c2cccnc12)c1ccc(-c2ccccc2)c2cccnc12. The zero-order valence-electron chi connectivity index (χ0n) is 30.7. The van der Waals surface area contributed by atoms with Gasteiger partial charge in [0.25, 0.3) is 0 Å². The Kier molecular flexibility index (Phi) is 9.92. The van der Waals surface area contributed by atoms with Crippen molar-refractivity contribution >= 4 is 65.8 Å². The fraction of sp³-hybridized carbons (Fsp3) is 0. The minimum absolute atomic E-state index is 0.110. The van der Waals surface area contributed by atoms with E-state index < -0.39 is 33.1 Å². The van der Waals surface area contributed by atoms with Crippen molar-refractivity contribution in [1.82, 2.24) is 15.0 Å². The van der Waals surface area contributed by atoms with Gasteiger partial charge >= 0.3 is 33.1 Å². The highest BCUT2D eigenvalue weighted by molar-refractivity contribution is 6.46. The van der Waals surface area contributed by atoms with Crippen LogP contribution in [0.3, 0.4) is 0 Å². The number of hydrogen-bond donors (Lipinski definition) is 0. The van der Waals surface area contributed by atoms with Crippen molar-refractivity contribution in [3.8, 4) is 33.4 Å². The van der Waals surface area contributed by atoms with Gasteiger partial charge in [-0.1, -0.05) is 127 Å². The normalized spacial score (nSPS) is 11.0. The van der Waals surface area contributed by atoms with Gasteiger partial charge in [0, 0.05) is 34.7 Å². The second-order valence-electron chi connectivity index (χ2n) is 13.3. The van der Waals surface area contributed by atoms with Crippen LogP contribution in [-0.2, 0) is 11.4 Å². The van der Waals surface area contributed by atoms with E-state index in [0.717, 1.165) is 33.4 Å². The summed E-state index contributed by atoms with van der Waals surface area (Å²) in [7, 11) is 0. The molecule has 0 unspecified atom stereocenters. The monoisotopic (exact) mass is 771 g/mol. The molecule has 0 amide bonds. The molecule has 9 nitrogen and oxygen atoms in total. The maximum atomic E-state index is 14.1. The molecule has 0 aliphatic carbocycles. The van der Waals surface area contributed by atoms with Crippen LogP contribution < -0.4 is 0 Å². The Morgan fingerprint density at radius 3 is 0.931 bits per heavy atom. The summed E-state index contributed by atoms with van der Waals surface area (Å²) >= 11 is -4.01. The van der Waals surface area contributed by atoms with Gasteiger partial charge in [-0.2, -0.15) is 0 Å². The Bertz CT molecular complexity index is 2680. The third-order valence-electron chi connectivity index (χ3n) is 9.83. The van der Waals surface area contributed by atoms with Gasteiger partial charge in [-0.15, -0.1) is 0 Å². The highest BCUT2D eigenvalue weighted by Gasteiger charge is 2.50. The van der Waals surface area contributed by atoms with Crippen molar-refractivity contribution in [2.45, 2.75) is 0 Å². The molecule has 6 aromatic carbocycles. The molecule has 58 heavy (non-hydrogen) atoms. The first kappa shape index (κ1) is 36.1. The summed E-state index contributed by atoms with van der Waals surface area (Å²) < 4.78 is 17.8. The van der Waals surface area contributed by atoms with Gasteiger partial charge in [-0.3, -0.25) is 15.0 Å². The number of nitrogens with zero attached hydrogens (tertiary/aromatic N) is 3. The maximum absolute atomic E-state index is 14.1. The standard InChI is InChI=1S/3C16H11NO2.Al/c3*18-16(19)14-9-8-12(11-5-2-1-3-6-11)13-7-4-10-17-15(13)14;/h3*1-10H,(H,18,19);/q;;;+3/p-3. The third kappa shape index (κ3) is 7.06. The fourth-order valence-electron chi connectivity index (χ4n) is 7.15. The number of benzene rings is 6. The van der Waals surface area contributed by atoms with E-state index in [0.29, 0.717) is 32.7 Å². The topological polar surface area (TPSA) is 118 Å². The first-order valence-electron chi connectivity index (χ1n) is 18.5. The van der Waals surface area contributed by atoms with Crippen LogP contribution in [0, 0.1) is 0 Å². The highest BCUT2D eigenvalue weighted by Crippen LogP contribution is 2.33. The van der Waals surface area contributed by atoms with E-state index in [2.05, 4.69) is 15.0 Å². The van der Waals surface area contributed by atoms with Crippen LogP contribution in [0.25, 0.3) is 66.1 Å². The fourth-order valence-corrected chi connectivity index (χ4v) is 8.19. The van der Waals surface area contributed by atoms with Crippen LogP contribution in [0.15, 0.2) is 182 Å². The van der Waals surface area contributed by atoms with Gasteiger partial charge in [0.05, 0.1) is 33.2 Å². The highest BCUT2D eigenvalue weighted by atomic mass is 27.3. The molecule has 0 saturated heterocycles. The predicted octanol–water partition coefficient (Wildman–Crippen LogP) is 10.2. The van der Waals surface area contributed by atoms with Gasteiger partial charge in [0.2, 0.25) is 0 Å². The van der Waals surface area contributed by atoms with Crippen LogP contribution >= 0.6 is 0 Å². The molecular formula is C48H30AlN3O6. The van der Waals surface area contributed by atoms with Gasteiger partial charge < -0.3 is 11.4 Å². The van der Waals surface area contributed by atoms with E-state index in [-0.39, 0.29) is 16.7 Å². The van der Waals surface area contributed by atoms with Crippen molar-refractivity contribution in [3.63, 3.8) is 0 Å². The molecule has 276 valence electrons. The lowest BCUT2D eigenvalue weighted by molar-refractivity contribution is 0.0412. The van der Waals surface area contributed by atoms with E-state index in [9.17, 15) is 14.4 Å². The molecule has 0 saturated carbocycles. The van der Waals surface area contributed by atoms with E-state index in [4.69, 9.17) is 11.4 Å². The van der Waals surface area contributed by atoms with Crippen LogP contribution in [0.5, 0.6) is 0 Å². The molecule has 10 heteroatoms.